The van der Waals surface area contributed by atoms with Gasteiger partial charge in [-0.05, 0) is 6.92 Å². The van der Waals surface area contributed by atoms with Crippen LogP contribution in [0.4, 0.5) is 0 Å². The van der Waals surface area contributed by atoms with E-state index in [1.54, 1.807) is 6.92 Å². The van der Waals surface area contributed by atoms with Gasteiger partial charge in [0, 0.05) is 24.9 Å². The molecule has 5 nitrogen and oxygen atoms in total. The number of nitrogens with two attached hydrogens (primary N) is 1. The third-order valence-electron chi connectivity index (χ3n) is 1.63. The van der Waals surface area contributed by atoms with Crippen LogP contribution in [-0.2, 0) is 0 Å². The fourth-order valence-corrected chi connectivity index (χ4v) is 1.06. The van der Waals surface area contributed by atoms with E-state index in [1.165, 1.54) is 19.5 Å². The minimum Gasteiger partial charge on any atom is -0.479 e. The van der Waals surface area contributed by atoms with Crippen molar-refractivity contribution < 1.29 is 9.53 Å². The van der Waals surface area contributed by atoms with Crippen molar-refractivity contribution >= 4 is 5.78 Å². The van der Waals surface area contributed by atoms with Gasteiger partial charge in [0.1, 0.15) is 0 Å². The van der Waals surface area contributed by atoms with E-state index < -0.39 is 0 Å². The van der Waals surface area contributed by atoms with Crippen molar-refractivity contribution in [1.82, 2.24) is 9.97 Å². The first-order valence-electron chi connectivity index (χ1n) is 4.29. The average molecular weight is 195 g/mol. The van der Waals surface area contributed by atoms with E-state index in [9.17, 15) is 4.79 Å². The summed E-state index contributed by atoms with van der Waals surface area (Å²) in [5, 5.41) is 0. The molecule has 0 aliphatic heterocycles. The Morgan fingerprint density at radius 1 is 1.57 bits per heavy atom. The lowest BCUT2D eigenvalue weighted by atomic mass is 10.1. The molecule has 0 aromatic carbocycles. The minimum atomic E-state index is -0.186. The molecule has 0 amide bonds. The van der Waals surface area contributed by atoms with Crippen molar-refractivity contribution in [3.63, 3.8) is 0 Å². The van der Waals surface area contributed by atoms with Gasteiger partial charge in [0.25, 0.3) is 0 Å². The molecule has 1 aromatic heterocycles. The topological polar surface area (TPSA) is 78.1 Å². The molecule has 0 bridgehead atoms. The van der Waals surface area contributed by atoms with Gasteiger partial charge in [0.2, 0.25) is 5.88 Å². The summed E-state index contributed by atoms with van der Waals surface area (Å²) in [4.78, 5) is 19.4. The Hall–Kier alpha value is -1.49. The number of methoxy groups -OCH3 is 1. The molecule has 1 atom stereocenters. The van der Waals surface area contributed by atoms with Gasteiger partial charge in [-0.1, -0.05) is 0 Å². The Bertz CT molecular complexity index is 326. The highest BCUT2D eigenvalue weighted by Crippen LogP contribution is 2.13. The van der Waals surface area contributed by atoms with Gasteiger partial charge in [0.05, 0.1) is 7.11 Å². The Morgan fingerprint density at radius 2 is 2.21 bits per heavy atom. The second-order valence-corrected chi connectivity index (χ2v) is 3.02. The molecule has 0 radical (unpaired) electrons. The van der Waals surface area contributed by atoms with Crippen molar-refractivity contribution in [2.75, 3.05) is 7.11 Å². The number of hydrogen-bond acceptors (Lipinski definition) is 5. The maximum Gasteiger partial charge on any atom is 0.243 e. The fourth-order valence-electron chi connectivity index (χ4n) is 1.06. The van der Waals surface area contributed by atoms with Gasteiger partial charge in [-0.3, -0.25) is 4.79 Å². The predicted octanol–water partition coefficient (Wildman–Crippen LogP) is 0.405. The van der Waals surface area contributed by atoms with Crippen LogP contribution in [0.25, 0.3) is 0 Å². The second-order valence-electron chi connectivity index (χ2n) is 3.02. The predicted molar refractivity (Wildman–Crippen MR) is 51.2 cm³/mol. The number of ketones is 1. The number of Topliss-reactive ketones (excluding diaryl/α,β-unsaturated/α-hetero) is 1. The molecule has 0 saturated heterocycles. The summed E-state index contributed by atoms with van der Waals surface area (Å²) in [5.41, 5.74) is 5.76. The molecule has 1 unspecified atom stereocenters. The molecule has 1 heterocycles. The number of aromatic nitrogens is 2. The summed E-state index contributed by atoms with van der Waals surface area (Å²) < 4.78 is 4.91. The molecule has 2 N–H and O–H groups in total. The van der Waals surface area contributed by atoms with E-state index in [0.717, 1.165) is 0 Å². The lowest BCUT2D eigenvalue weighted by Gasteiger charge is -2.06. The monoisotopic (exact) mass is 195 g/mol. The van der Waals surface area contributed by atoms with Crippen molar-refractivity contribution in [2.45, 2.75) is 19.4 Å². The first kappa shape index (κ1) is 10.6. The molecule has 1 aromatic rings. The average Bonchev–Trinajstić information content (AvgIpc) is 2.16. The highest BCUT2D eigenvalue weighted by molar-refractivity contribution is 5.96. The van der Waals surface area contributed by atoms with Gasteiger partial charge in [-0.15, -0.1) is 0 Å². The Kier molecular flexibility index (Phi) is 3.53. The highest BCUT2D eigenvalue weighted by atomic mass is 16.5. The van der Waals surface area contributed by atoms with Crippen LogP contribution >= 0.6 is 0 Å². The Morgan fingerprint density at radius 3 is 2.79 bits per heavy atom. The van der Waals surface area contributed by atoms with Crippen molar-refractivity contribution in [1.29, 1.82) is 0 Å². The zero-order valence-corrected chi connectivity index (χ0v) is 8.23. The van der Waals surface area contributed by atoms with Gasteiger partial charge in [-0.2, -0.15) is 0 Å². The normalized spacial score (nSPS) is 12.2. The van der Waals surface area contributed by atoms with Crippen molar-refractivity contribution in [3.8, 4) is 5.88 Å². The third-order valence-corrected chi connectivity index (χ3v) is 1.63. The Labute approximate surface area is 82.3 Å². The molecule has 14 heavy (non-hydrogen) atoms. The zero-order valence-electron chi connectivity index (χ0n) is 8.23. The summed E-state index contributed by atoms with van der Waals surface area (Å²) in [6.45, 7) is 1.76. The van der Waals surface area contributed by atoms with E-state index in [-0.39, 0.29) is 29.8 Å². The number of carbonyl (C=O) groups is 1. The van der Waals surface area contributed by atoms with E-state index in [2.05, 4.69) is 9.97 Å². The Balaban J connectivity index is 2.88. The smallest absolute Gasteiger partial charge is 0.243 e. The first-order valence-corrected chi connectivity index (χ1v) is 4.29. The molecule has 76 valence electrons. The minimum absolute atomic E-state index is 0.148. The van der Waals surface area contributed by atoms with Gasteiger partial charge in [0.15, 0.2) is 11.5 Å². The summed E-state index contributed by atoms with van der Waals surface area (Å²) in [5.74, 6) is 0.100. The SMILES string of the molecule is COc1nccnc1C(=O)CC(C)N. The number of ether oxygens (including phenoxy) is 1. The summed E-state index contributed by atoms with van der Waals surface area (Å²) in [6, 6.07) is -0.186. The molecule has 1 rings (SSSR count). The van der Waals surface area contributed by atoms with Gasteiger partial charge in [-0.25, -0.2) is 9.97 Å². The number of nitrogens with zero attached hydrogens (tertiary/aromatic N) is 2. The standard InChI is InChI=1S/C9H13N3O2/c1-6(10)5-7(13)8-9(14-2)12-4-3-11-8/h3-4,6H,5,10H2,1-2H3. The molecule has 0 spiro atoms. The van der Waals surface area contributed by atoms with Crippen molar-refractivity contribution in [2.24, 2.45) is 5.73 Å². The van der Waals surface area contributed by atoms with Crippen LogP contribution < -0.4 is 10.5 Å². The van der Waals surface area contributed by atoms with Gasteiger partial charge < -0.3 is 10.5 Å². The summed E-state index contributed by atoms with van der Waals surface area (Å²) in [6.07, 6.45) is 3.17. The maximum absolute atomic E-state index is 11.6. The number of carbonyl (C=O) groups excluding carboxylic acids is 1. The van der Waals surface area contributed by atoms with E-state index in [1.807, 2.05) is 0 Å². The van der Waals surface area contributed by atoms with E-state index in [0.29, 0.717) is 0 Å². The summed E-state index contributed by atoms with van der Waals surface area (Å²) >= 11 is 0. The first-order chi connectivity index (χ1) is 6.65. The van der Waals surface area contributed by atoms with Crippen LogP contribution in [-0.4, -0.2) is 28.9 Å². The van der Waals surface area contributed by atoms with Crippen molar-refractivity contribution in [3.05, 3.63) is 18.1 Å². The second kappa shape index (κ2) is 4.66. The largest absolute Gasteiger partial charge is 0.479 e. The van der Waals surface area contributed by atoms with Crippen LogP contribution in [0, 0.1) is 0 Å². The highest BCUT2D eigenvalue weighted by Gasteiger charge is 2.15. The summed E-state index contributed by atoms with van der Waals surface area (Å²) in [7, 11) is 1.45. The lowest BCUT2D eigenvalue weighted by Crippen LogP contribution is -2.20. The van der Waals surface area contributed by atoms with Crippen LogP contribution in [0.5, 0.6) is 5.88 Å². The quantitative estimate of drug-likeness (QED) is 0.704. The maximum atomic E-state index is 11.6. The molecule has 0 saturated carbocycles. The van der Waals surface area contributed by atoms with Crippen LogP contribution in [0.3, 0.4) is 0 Å². The zero-order chi connectivity index (χ0) is 10.6. The molecular formula is C9H13N3O2. The molecule has 0 aliphatic carbocycles. The molecule has 5 heteroatoms. The number of rotatable bonds is 4. The van der Waals surface area contributed by atoms with E-state index >= 15 is 0 Å². The van der Waals surface area contributed by atoms with Gasteiger partial charge >= 0.3 is 0 Å². The van der Waals surface area contributed by atoms with Crippen LogP contribution in [0.2, 0.25) is 0 Å². The molecule has 0 aliphatic rings. The van der Waals surface area contributed by atoms with Crippen LogP contribution in [0.15, 0.2) is 12.4 Å². The lowest BCUT2D eigenvalue weighted by molar-refractivity contribution is 0.0967. The fraction of sp³-hybridized carbons (Fsp3) is 0.444. The molecular weight excluding hydrogens is 182 g/mol. The number of hydrogen-bond donors (Lipinski definition) is 1. The van der Waals surface area contributed by atoms with Crippen LogP contribution in [0.1, 0.15) is 23.8 Å². The molecule has 0 fully saturated rings. The van der Waals surface area contributed by atoms with E-state index in [4.69, 9.17) is 10.5 Å². The third kappa shape index (κ3) is 2.50.